The Balaban J connectivity index is 1.06. The van der Waals surface area contributed by atoms with Gasteiger partial charge in [-0.2, -0.15) is 0 Å². The van der Waals surface area contributed by atoms with Gasteiger partial charge in [0.05, 0.1) is 16.5 Å². The SMILES string of the molecule is c1ccc(-c2ccc(-c3c4ccccc4cc4c3oc3cccc(N(c5ccccc5)c5ccc6c(c5)C5(c7ccccc7-c7ccccc75)c5ccccc5-6)c34)cc2)cc1. The summed E-state index contributed by atoms with van der Waals surface area (Å²) in [4.78, 5) is 2.44. The third-order valence-corrected chi connectivity index (χ3v) is 13.3. The summed E-state index contributed by atoms with van der Waals surface area (Å²) in [6.07, 6.45) is 0. The number of anilines is 3. The Morgan fingerprint density at radius 1 is 0.361 bits per heavy atom. The van der Waals surface area contributed by atoms with Crippen LogP contribution >= 0.6 is 0 Å². The van der Waals surface area contributed by atoms with E-state index in [1.807, 2.05) is 0 Å². The van der Waals surface area contributed by atoms with Crippen LogP contribution in [0.3, 0.4) is 0 Å². The molecule has 1 heterocycles. The second-order valence-electron chi connectivity index (χ2n) is 16.3. The average molecular weight is 776 g/mol. The third-order valence-electron chi connectivity index (χ3n) is 13.3. The summed E-state index contributed by atoms with van der Waals surface area (Å²) >= 11 is 0. The molecule has 0 N–H and O–H groups in total. The molecule has 2 aliphatic carbocycles. The molecule has 284 valence electrons. The summed E-state index contributed by atoms with van der Waals surface area (Å²) in [6.45, 7) is 0. The van der Waals surface area contributed by atoms with Crippen LogP contribution in [0.25, 0.3) is 77.2 Å². The molecule has 61 heavy (non-hydrogen) atoms. The maximum atomic E-state index is 7.07. The lowest BCUT2D eigenvalue weighted by atomic mass is 9.70. The van der Waals surface area contributed by atoms with Gasteiger partial charge in [-0.3, -0.25) is 0 Å². The molecule has 11 aromatic rings. The predicted molar refractivity (Wildman–Crippen MR) is 253 cm³/mol. The van der Waals surface area contributed by atoms with Crippen molar-refractivity contribution in [2.75, 3.05) is 4.90 Å². The lowest BCUT2D eigenvalue weighted by Gasteiger charge is -2.32. The van der Waals surface area contributed by atoms with Gasteiger partial charge >= 0.3 is 0 Å². The first-order chi connectivity index (χ1) is 30.3. The van der Waals surface area contributed by atoms with Gasteiger partial charge in [-0.1, -0.05) is 182 Å². The van der Waals surface area contributed by atoms with Crippen LogP contribution in [0.2, 0.25) is 0 Å². The summed E-state index contributed by atoms with van der Waals surface area (Å²) in [5.41, 5.74) is 19.7. The second-order valence-corrected chi connectivity index (χ2v) is 16.3. The summed E-state index contributed by atoms with van der Waals surface area (Å²) in [6, 6.07) is 82.0. The van der Waals surface area contributed by atoms with Crippen LogP contribution in [0.15, 0.2) is 229 Å². The van der Waals surface area contributed by atoms with Gasteiger partial charge in [0.15, 0.2) is 0 Å². The van der Waals surface area contributed by atoms with E-state index in [4.69, 9.17) is 4.42 Å². The van der Waals surface area contributed by atoms with E-state index in [-0.39, 0.29) is 0 Å². The molecule has 2 aliphatic rings. The summed E-state index contributed by atoms with van der Waals surface area (Å²) in [7, 11) is 0. The minimum atomic E-state index is -0.449. The quantitative estimate of drug-likeness (QED) is 0.173. The number of rotatable bonds is 5. The summed E-state index contributed by atoms with van der Waals surface area (Å²) in [5, 5.41) is 4.53. The molecule has 0 aliphatic heterocycles. The molecule has 0 bridgehead atoms. The van der Waals surface area contributed by atoms with Crippen molar-refractivity contribution in [2.24, 2.45) is 0 Å². The Labute approximate surface area is 354 Å². The number of benzene rings is 10. The molecule has 2 nitrogen and oxygen atoms in total. The van der Waals surface area contributed by atoms with E-state index in [1.54, 1.807) is 0 Å². The van der Waals surface area contributed by atoms with Crippen molar-refractivity contribution in [2.45, 2.75) is 5.41 Å². The van der Waals surface area contributed by atoms with Crippen LogP contribution in [0.1, 0.15) is 22.3 Å². The number of nitrogens with zero attached hydrogens (tertiary/aromatic N) is 1. The molecule has 0 radical (unpaired) electrons. The van der Waals surface area contributed by atoms with Crippen molar-refractivity contribution in [1.29, 1.82) is 0 Å². The highest BCUT2D eigenvalue weighted by Gasteiger charge is 2.51. The van der Waals surface area contributed by atoms with Crippen LogP contribution < -0.4 is 4.90 Å². The van der Waals surface area contributed by atoms with Crippen LogP contribution in [0.4, 0.5) is 17.1 Å². The molecule has 10 aromatic carbocycles. The second kappa shape index (κ2) is 13.0. The standard InChI is InChI=1S/C59H37NO/c1-3-16-38(17-4-1)39-30-32-40(33-31-39)56-44-21-8-7-18-41(44)36-49-57-54(28-15-29-55(57)61-58(49)56)60(42-19-5-2-6-20-42)43-34-35-48-47-24-11-14-27-52(47)59(53(48)37-43)50-25-12-9-22-45(50)46-23-10-13-26-51(46)59/h1-37H. The van der Waals surface area contributed by atoms with Gasteiger partial charge in [0.2, 0.25) is 0 Å². The van der Waals surface area contributed by atoms with E-state index in [0.717, 1.165) is 50.1 Å². The Bertz CT molecular complexity index is 3460. The Morgan fingerprint density at radius 3 is 1.61 bits per heavy atom. The highest BCUT2D eigenvalue weighted by atomic mass is 16.3. The first-order valence-corrected chi connectivity index (χ1v) is 21.1. The van der Waals surface area contributed by atoms with Crippen LogP contribution in [-0.4, -0.2) is 0 Å². The smallest absolute Gasteiger partial charge is 0.143 e. The molecule has 0 amide bonds. The van der Waals surface area contributed by atoms with E-state index >= 15 is 0 Å². The molecule has 0 saturated carbocycles. The molecule has 1 aromatic heterocycles. The molecular formula is C59H37NO. The minimum Gasteiger partial charge on any atom is -0.455 e. The number of fused-ring (bicyclic) bond motifs is 14. The van der Waals surface area contributed by atoms with Crippen LogP contribution in [0.5, 0.6) is 0 Å². The van der Waals surface area contributed by atoms with Crippen molar-refractivity contribution in [3.8, 4) is 44.5 Å². The van der Waals surface area contributed by atoms with E-state index in [2.05, 4.69) is 229 Å². The normalized spacial score (nSPS) is 13.0. The minimum absolute atomic E-state index is 0.449. The number of furan rings is 1. The van der Waals surface area contributed by atoms with E-state index in [0.29, 0.717) is 0 Å². The topological polar surface area (TPSA) is 16.4 Å². The van der Waals surface area contributed by atoms with Gasteiger partial charge in [-0.05, 0) is 114 Å². The fourth-order valence-electron chi connectivity index (χ4n) is 10.8. The number of para-hydroxylation sites is 1. The molecule has 1 spiro atoms. The molecule has 0 saturated heterocycles. The first kappa shape index (κ1) is 34.0. The Morgan fingerprint density at radius 2 is 0.918 bits per heavy atom. The fraction of sp³-hybridized carbons (Fsp3) is 0.0169. The van der Waals surface area contributed by atoms with E-state index in [9.17, 15) is 0 Å². The molecule has 0 unspecified atom stereocenters. The molecule has 13 rings (SSSR count). The van der Waals surface area contributed by atoms with Crippen LogP contribution in [0, 0.1) is 0 Å². The Hall–Kier alpha value is -7.94. The zero-order chi connectivity index (χ0) is 40.1. The maximum Gasteiger partial charge on any atom is 0.143 e. The summed E-state index contributed by atoms with van der Waals surface area (Å²) < 4.78 is 7.07. The van der Waals surface area contributed by atoms with Gasteiger partial charge < -0.3 is 9.32 Å². The average Bonchev–Trinajstić information content (AvgIpc) is 3.96. The van der Waals surface area contributed by atoms with Gasteiger partial charge in [0, 0.05) is 22.3 Å². The highest BCUT2D eigenvalue weighted by Crippen LogP contribution is 2.63. The molecular weight excluding hydrogens is 739 g/mol. The largest absolute Gasteiger partial charge is 0.455 e. The molecule has 2 heteroatoms. The lowest BCUT2D eigenvalue weighted by Crippen LogP contribution is -2.26. The molecule has 0 atom stereocenters. The van der Waals surface area contributed by atoms with E-state index in [1.165, 1.54) is 66.4 Å². The number of hydrogen-bond donors (Lipinski definition) is 0. The van der Waals surface area contributed by atoms with Crippen molar-refractivity contribution in [3.05, 3.63) is 247 Å². The van der Waals surface area contributed by atoms with Crippen molar-refractivity contribution in [3.63, 3.8) is 0 Å². The predicted octanol–water partition coefficient (Wildman–Crippen LogP) is 15.9. The van der Waals surface area contributed by atoms with Crippen molar-refractivity contribution < 1.29 is 4.42 Å². The first-order valence-electron chi connectivity index (χ1n) is 21.1. The third kappa shape index (κ3) is 4.79. The van der Waals surface area contributed by atoms with Crippen molar-refractivity contribution in [1.82, 2.24) is 0 Å². The zero-order valence-electron chi connectivity index (χ0n) is 33.2. The van der Waals surface area contributed by atoms with E-state index < -0.39 is 5.41 Å². The van der Waals surface area contributed by atoms with Gasteiger partial charge in [-0.15, -0.1) is 0 Å². The van der Waals surface area contributed by atoms with Crippen LogP contribution in [-0.2, 0) is 5.41 Å². The van der Waals surface area contributed by atoms with Gasteiger partial charge in [0.25, 0.3) is 0 Å². The van der Waals surface area contributed by atoms with Gasteiger partial charge in [0.1, 0.15) is 11.2 Å². The van der Waals surface area contributed by atoms with Gasteiger partial charge in [-0.25, -0.2) is 0 Å². The van der Waals surface area contributed by atoms with Crippen molar-refractivity contribution >= 4 is 49.8 Å². The lowest BCUT2D eigenvalue weighted by molar-refractivity contribution is 0.670. The maximum absolute atomic E-state index is 7.07. The zero-order valence-corrected chi connectivity index (χ0v) is 33.2. The highest BCUT2D eigenvalue weighted by molar-refractivity contribution is 6.22. The monoisotopic (exact) mass is 775 g/mol. The fourth-order valence-corrected chi connectivity index (χ4v) is 10.8. The summed E-state index contributed by atoms with van der Waals surface area (Å²) in [5.74, 6) is 0. The number of hydrogen-bond acceptors (Lipinski definition) is 2. The Kier molecular flexibility index (Phi) is 7.26. The molecule has 0 fully saturated rings.